The first-order valence-corrected chi connectivity index (χ1v) is 7.85. The number of rotatable bonds is 3. The summed E-state index contributed by atoms with van der Waals surface area (Å²) in [6, 6.07) is 1.99. The molecule has 2 aromatic carbocycles. The normalized spacial score (nSPS) is 12.0. The summed E-state index contributed by atoms with van der Waals surface area (Å²) in [7, 11) is 0. The minimum absolute atomic E-state index is 0.0301. The van der Waals surface area contributed by atoms with Crippen LogP contribution in [0, 0.1) is 17.5 Å². The van der Waals surface area contributed by atoms with Crippen LogP contribution < -0.4 is 21.9 Å². The van der Waals surface area contributed by atoms with Crippen LogP contribution in [0.4, 0.5) is 32.0 Å². The zero-order valence-electron chi connectivity index (χ0n) is 13.5. The Morgan fingerprint density at radius 3 is 2.00 bits per heavy atom. The summed E-state index contributed by atoms with van der Waals surface area (Å²) in [5, 5.41) is 0. The molecular formula is C15H10BrF6N5O. The van der Waals surface area contributed by atoms with Crippen molar-refractivity contribution in [2.24, 2.45) is 27.2 Å². The molecule has 6 nitrogen and oxygen atoms in total. The van der Waals surface area contributed by atoms with Crippen LogP contribution in [-0.2, 0) is 6.18 Å². The summed E-state index contributed by atoms with van der Waals surface area (Å²) in [6.07, 6.45) is -4.98. The minimum atomic E-state index is -4.98. The van der Waals surface area contributed by atoms with Crippen molar-refractivity contribution >= 4 is 33.5 Å². The number of hydrogen-bond acceptors (Lipinski definition) is 2. The number of guanidine groups is 2. The van der Waals surface area contributed by atoms with Crippen molar-refractivity contribution in [3.05, 3.63) is 51.8 Å². The lowest BCUT2D eigenvalue weighted by Crippen LogP contribution is -2.26. The smallest absolute Gasteiger partial charge is 0.416 e. The van der Waals surface area contributed by atoms with Gasteiger partial charge in [-0.05, 0) is 40.2 Å². The molecule has 6 N–H and O–H groups in total. The second-order valence-corrected chi connectivity index (χ2v) is 5.88. The number of hydrogen-bond donors (Lipinski definition) is 3. The largest absolute Gasteiger partial charge is 0.448 e. The summed E-state index contributed by atoms with van der Waals surface area (Å²) in [6.45, 7) is 0. The lowest BCUT2D eigenvalue weighted by molar-refractivity contribution is -0.138. The van der Waals surface area contributed by atoms with Crippen molar-refractivity contribution in [3.63, 3.8) is 0 Å². The van der Waals surface area contributed by atoms with Crippen LogP contribution in [0.25, 0.3) is 0 Å². The summed E-state index contributed by atoms with van der Waals surface area (Å²) in [5.74, 6) is -7.00. The highest BCUT2D eigenvalue weighted by Crippen LogP contribution is 2.42. The SMILES string of the molecule is NC(N)=NC(N)=Nc1ccc(F)c(Br)c1Oc1c(F)cc(C(F)(F)F)cc1F. The van der Waals surface area contributed by atoms with E-state index in [0.29, 0.717) is 0 Å². The van der Waals surface area contributed by atoms with Gasteiger partial charge in [-0.15, -0.1) is 0 Å². The maximum absolute atomic E-state index is 14.0. The highest BCUT2D eigenvalue weighted by Gasteiger charge is 2.33. The second kappa shape index (κ2) is 7.96. The molecular weight excluding hydrogens is 460 g/mol. The molecule has 150 valence electrons. The predicted molar refractivity (Wildman–Crippen MR) is 92.6 cm³/mol. The van der Waals surface area contributed by atoms with Crippen LogP contribution in [-0.4, -0.2) is 11.9 Å². The molecule has 28 heavy (non-hydrogen) atoms. The molecule has 0 aliphatic carbocycles. The first kappa shape index (κ1) is 21.3. The van der Waals surface area contributed by atoms with Crippen LogP contribution in [0.2, 0.25) is 0 Å². The molecule has 13 heteroatoms. The Hall–Kier alpha value is -2.96. The number of ether oxygens (including phenoxy) is 1. The van der Waals surface area contributed by atoms with Gasteiger partial charge in [0, 0.05) is 0 Å². The summed E-state index contributed by atoms with van der Waals surface area (Å²) in [5.41, 5.74) is 13.9. The fraction of sp³-hybridized carbons (Fsp3) is 0.0667. The molecule has 0 atom stereocenters. The molecule has 0 spiro atoms. The van der Waals surface area contributed by atoms with Crippen molar-refractivity contribution in [2.45, 2.75) is 6.18 Å². The van der Waals surface area contributed by atoms with Crippen molar-refractivity contribution in [1.82, 2.24) is 0 Å². The van der Waals surface area contributed by atoms with E-state index in [-0.39, 0.29) is 17.8 Å². The molecule has 0 aromatic heterocycles. The molecule has 0 fully saturated rings. The van der Waals surface area contributed by atoms with Gasteiger partial charge >= 0.3 is 6.18 Å². The maximum atomic E-state index is 14.0. The van der Waals surface area contributed by atoms with Crippen LogP contribution >= 0.6 is 15.9 Å². The topological polar surface area (TPSA) is 112 Å². The number of aliphatic imine (C=N–C) groups is 2. The fourth-order valence-corrected chi connectivity index (χ4v) is 2.33. The van der Waals surface area contributed by atoms with E-state index in [0.717, 1.165) is 12.1 Å². The summed E-state index contributed by atoms with van der Waals surface area (Å²) < 4.78 is 84.4. The van der Waals surface area contributed by atoms with Gasteiger partial charge in [-0.3, -0.25) is 0 Å². The third-order valence-electron chi connectivity index (χ3n) is 3.04. The van der Waals surface area contributed by atoms with E-state index in [1.807, 2.05) is 0 Å². The Balaban J connectivity index is 2.58. The standard InChI is InChI=1S/C15H10BrF6N5O/c16-10-6(17)1-2-9(26-14(25)27-13(23)24)12(10)28-11-7(18)3-5(4-8(11)19)15(20,21)22/h1-4H,(H6,23,24,25,26,27). The van der Waals surface area contributed by atoms with Crippen molar-refractivity contribution in [3.8, 4) is 11.5 Å². The van der Waals surface area contributed by atoms with Crippen molar-refractivity contribution < 1.29 is 31.1 Å². The average molecular weight is 470 g/mol. The van der Waals surface area contributed by atoms with Crippen molar-refractivity contribution in [1.29, 1.82) is 0 Å². The molecule has 0 bridgehead atoms. The zero-order valence-corrected chi connectivity index (χ0v) is 15.1. The van der Waals surface area contributed by atoms with Gasteiger partial charge in [-0.1, -0.05) is 0 Å². The lowest BCUT2D eigenvalue weighted by atomic mass is 10.2. The Morgan fingerprint density at radius 1 is 0.929 bits per heavy atom. The number of halogens is 7. The first-order valence-electron chi connectivity index (χ1n) is 7.06. The molecule has 0 unspecified atom stereocenters. The maximum Gasteiger partial charge on any atom is 0.416 e. The first-order chi connectivity index (χ1) is 12.9. The van der Waals surface area contributed by atoms with E-state index in [4.69, 9.17) is 21.9 Å². The van der Waals surface area contributed by atoms with Gasteiger partial charge in [0.05, 0.1) is 10.0 Å². The van der Waals surface area contributed by atoms with E-state index in [9.17, 15) is 26.3 Å². The lowest BCUT2D eigenvalue weighted by Gasteiger charge is -2.14. The van der Waals surface area contributed by atoms with E-state index in [1.165, 1.54) is 0 Å². The molecule has 0 aliphatic heterocycles. The Morgan fingerprint density at radius 2 is 1.50 bits per heavy atom. The molecule has 0 amide bonds. The summed E-state index contributed by atoms with van der Waals surface area (Å²) >= 11 is 2.80. The predicted octanol–water partition coefficient (Wildman–Crippen LogP) is 3.90. The van der Waals surface area contributed by atoms with E-state index < -0.39 is 57.1 Å². The molecule has 0 saturated carbocycles. The van der Waals surface area contributed by atoms with E-state index in [2.05, 4.69) is 25.9 Å². The Bertz CT molecular complexity index is 949. The Kier molecular flexibility index (Phi) is 6.07. The van der Waals surface area contributed by atoms with E-state index >= 15 is 0 Å². The second-order valence-electron chi connectivity index (χ2n) is 5.09. The van der Waals surface area contributed by atoms with Gasteiger partial charge in [0.15, 0.2) is 29.1 Å². The van der Waals surface area contributed by atoms with Crippen LogP contribution in [0.1, 0.15) is 5.56 Å². The quantitative estimate of drug-likeness (QED) is 0.359. The monoisotopic (exact) mass is 469 g/mol. The van der Waals surface area contributed by atoms with Gasteiger partial charge in [-0.2, -0.15) is 18.2 Å². The van der Waals surface area contributed by atoms with Crippen LogP contribution in [0.5, 0.6) is 11.5 Å². The fourth-order valence-electron chi connectivity index (χ4n) is 1.91. The average Bonchev–Trinajstić information content (AvgIpc) is 2.54. The number of nitrogens with two attached hydrogens (primary N) is 3. The molecule has 2 rings (SSSR count). The Labute approximate surface area is 161 Å². The van der Waals surface area contributed by atoms with Crippen molar-refractivity contribution in [2.75, 3.05) is 0 Å². The third-order valence-corrected chi connectivity index (χ3v) is 3.78. The van der Waals surface area contributed by atoms with Crippen LogP contribution in [0.3, 0.4) is 0 Å². The molecule has 0 saturated heterocycles. The highest BCUT2D eigenvalue weighted by atomic mass is 79.9. The van der Waals surface area contributed by atoms with Gasteiger partial charge < -0.3 is 21.9 Å². The highest BCUT2D eigenvalue weighted by molar-refractivity contribution is 9.10. The number of alkyl halides is 3. The zero-order chi connectivity index (χ0) is 21.2. The summed E-state index contributed by atoms with van der Waals surface area (Å²) in [4.78, 5) is 7.12. The number of nitrogens with zero attached hydrogens (tertiary/aromatic N) is 2. The van der Waals surface area contributed by atoms with Gasteiger partial charge in [-0.25, -0.2) is 18.2 Å². The number of benzene rings is 2. The van der Waals surface area contributed by atoms with Gasteiger partial charge in [0.25, 0.3) is 0 Å². The third kappa shape index (κ3) is 4.85. The van der Waals surface area contributed by atoms with Gasteiger partial charge in [0.2, 0.25) is 5.96 Å². The van der Waals surface area contributed by atoms with Crippen LogP contribution in [0.15, 0.2) is 38.7 Å². The molecule has 2 aromatic rings. The molecule has 0 heterocycles. The molecule has 0 aliphatic rings. The van der Waals surface area contributed by atoms with E-state index in [1.54, 1.807) is 0 Å². The van der Waals surface area contributed by atoms with Gasteiger partial charge in [0.1, 0.15) is 11.5 Å². The molecule has 0 radical (unpaired) electrons. The minimum Gasteiger partial charge on any atom is -0.448 e.